The third-order valence-corrected chi connectivity index (χ3v) is 6.20. The summed E-state index contributed by atoms with van der Waals surface area (Å²) in [6, 6.07) is 7.88. The van der Waals surface area contributed by atoms with Crippen LogP contribution in [0.5, 0.6) is 0 Å². The van der Waals surface area contributed by atoms with Crippen molar-refractivity contribution in [2.45, 2.75) is 24.3 Å². The van der Waals surface area contributed by atoms with E-state index in [1.807, 2.05) is 12.1 Å². The number of anilines is 1. The Bertz CT molecular complexity index is 926. The number of benzene rings is 1. The van der Waals surface area contributed by atoms with Gasteiger partial charge >= 0.3 is 0 Å². The summed E-state index contributed by atoms with van der Waals surface area (Å²) in [4.78, 5) is 19.1. The highest BCUT2D eigenvalue weighted by Crippen LogP contribution is 2.21. The predicted molar refractivity (Wildman–Crippen MR) is 105 cm³/mol. The summed E-state index contributed by atoms with van der Waals surface area (Å²) in [5.74, 6) is 0.493. The fourth-order valence-corrected chi connectivity index (χ4v) is 3.85. The van der Waals surface area contributed by atoms with Crippen LogP contribution in [0.4, 0.5) is 5.82 Å². The van der Waals surface area contributed by atoms with E-state index in [1.165, 1.54) is 38.1 Å². The Hall–Kier alpha value is -2.16. The van der Waals surface area contributed by atoms with E-state index in [1.54, 1.807) is 6.20 Å². The van der Waals surface area contributed by atoms with Crippen molar-refractivity contribution < 1.29 is 13.2 Å². The predicted octanol–water partition coefficient (Wildman–Crippen LogP) is 2.17. The highest BCUT2D eigenvalue weighted by Gasteiger charge is 2.17. The largest absolute Gasteiger partial charge is 0.357 e. The maximum atomic E-state index is 12.4. The molecule has 2 aromatic rings. The fourth-order valence-electron chi connectivity index (χ4n) is 2.90. The molecule has 3 rings (SSSR count). The Balaban J connectivity index is 1.68. The van der Waals surface area contributed by atoms with Crippen LogP contribution in [0.25, 0.3) is 0 Å². The normalized spacial score (nSPS) is 14.4. The molecule has 1 aliphatic rings. The van der Waals surface area contributed by atoms with E-state index >= 15 is 0 Å². The second kappa shape index (κ2) is 8.24. The molecule has 0 saturated carbocycles. The number of amides is 1. The van der Waals surface area contributed by atoms with Gasteiger partial charge in [-0.1, -0.05) is 17.7 Å². The van der Waals surface area contributed by atoms with E-state index in [-0.39, 0.29) is 22.0 Å². The molecule has 7 nitrogen and oxygen atoms in total. The van der Waals surface area contributed by atoms with Crippen LogP contribution in [-0.2, 0) is 16.6 Å². The average Bonchev–Trinajstić information content (AvgIpc) is 3.21. The molecule has 0 spiro atoms. The molecule has 1 aromatic carbocycles. The Morgan fingerprint density at radius 3 is 2.59 bits per heavy atom. The van der Waals surface area contributed by atoms with Crippen molar-refractivity contribution in [1.82, 2.24) is 15.0 Å². The number of nitrogens with zero attached hydrogens (tertiary/aromatic N) is 2. The van der Waals surface area contributed by atoms with E-state index in [0.29, 0.717) is 0 Å². The molecule has 0 radical (unpaired) electrons. The molecule has 1 aromatic heterocycles. The first-order valence-corrected chi connectivity index (χ1v) is 10.5. The van der Waals surface area contributed by atoms with Gasteiger partial charge in [-0.05, 0) is 49.7 Å². The van der Waals surface area contributed by atoms with Gasteiger partial charge in [0.25, 0.3) is 5.91 Å². The standard InChI is InChI=1S/C18H21ClN4O3S/c1-20-27(25,26)14-5-6-16(19)15(10-14)18(24)22-12-13-4-7-17(21-11-13)23-8-2-3-9-23/h4-7,10-11,20H,2-3,8-9,12H2,1H3,(H,22,24). The quantitative estimate of drug-likeness (QED) is 0.764. The van der Waals surface area contributed by atoms with E-state index in [9.17, 15) is 13.2 Å². The number of nitrogens with one attached hydrogen (secondary N) is 2. The molecule has 1 fully saturated rings. The van der Waals surface area contributed by atoms with Crippen LogP contribution >= 0.6 is 11.6 Å². The first kappa shape index (κ1) is 19.6. The number of carbonyl (C=O) groups excluding carboxylic acids is 1. The summed E-state index contributed by atoms with van der Waals surface area (Å²) >= 11 is 6.07. The molecule has 9 heteroatoms. The average molecular weight is 409 g/mol. The van der Waals surface area contributed by atoms with Gasteiger partial charge in [-0.25, -0.2) is 18.1 Å². The van der Waals surface area contributed by atoms with Gasteiger partial charge in [0.1, 0.15) is 5.82 Å². The number of hydrogen-bond donors (Lipinski definition) is 2. The van der Waals surface area contributed by atoms with Gasteiger partial charge < -0.3 is 10.2 Å². The third-order valence-electron chi connectivity index (χ3n) is 4.45. The Morgan fingerprint density at radius 2 is 1.96 bits per heavy atom. The van der Waals surface area contributed by atoms with Crippen LogP contribution < -0.4 is 14.9 Å². The second-order valence-electron chi connectivity index (χ2n) is 6.25. The van der Waals surface area contributed by atoms with Crippen LogP contribution in [0.2, 0.25) is 5.02 Å². The van der Waals surface area contributed by atoms with Gasteiger partial charge in [0.15, 0.2) is 0 Å². The SMILES string of the molecule is CNS(=O)(=O)c1ccc(Cl)c(C(=O)NCc2ccc(N3CCCC3)nc2)c1. The Kier molecular flexibility index (Phi) is 5.98. The van der Waals surface area contributed by atoms with Crippen LogP contribution in [0.15, 0.2) is 41.4 Å². The molecule has 1 saturated heterocycles. The Labute approximate surface area is 163 Å². The number of halogens is 1. The van der Waals surface area contributed by atoms with Crippen molar-refractivity contribution >= 4 is 33.3 Å². The number of pyridine rings is 1. The molecule has 1 amide bonds. The van der Waals surface area contributed by atoms with Gasteiger partial charge in [-0.15, -0.1) is 0 Å². The molecule has 2 N–H and O–H groups in total. The summed E-state index contributed by atoms with van der Waals surface area (Å²) in [6.07, 6.45) is 4.10. The van der Waals surface area contributed by atoms with Crippen molar-refractivity contribution in [1.29, 1.82) is 0 Å². The highest BCUT2D eigenvalue weighted by molar-refractivity contribution is 7.89. The van der Waals surface area contributed by atoms with Crippen molar-refractivity contribution in [2.24, 2.45) is 0 Å². The smallest absolute Gasteiger partial charge is 0.253 e. The lowest BCUT2D eigenvalue weighted by Crippen LogP contribution is -2.25. The summed E-state index contributed by atoms with van der Waals surface area (Å²) in [5.41, 5.74) is 0.955. The number of aromatic nitrogens is 1. The summed E-state index contributed by atoms with van der Waals surface area (Å²) in [5, 5.41) is 2.93. The molecule has 0 bridgehead atoms. The summed E-state index contributed by atoms with van der Waals surface area (Å²) < 4.78 is 26.0. The van der Waals surface area contributed by atoms with Gasteiger partial charge in [-0.3, -0.25) is 4.79 Å². The molecule has 27 heavy (non-hydrogen) atoms. The van der Waals surface area contributed by atoms with Crippen LogP contribution in [0.3, 0.4) is 0 Å². The molecule has 2 heterocycles. The number of hydrogen-bond acceptors (Lipinski definition) is 5. The molecular weight excluding hydrogens is 388 g/mol. The maximum absolute atomic E-state index is 12.4. The highest BCUT2D eigenvalue weighted by atomic mass is 35.5. The van der Waals surface area contributed by atoms with Gasteiger partial charge in [-0.2, -0.15) is 0 Å². The minimum Gasteiger partial charge on any atom is -0.357 e. The van der Waals surface area contributed by atoms with E-state index < -0.39 is 15.9 Å². The van der Waals surface area contributed by atoms with Crippen molar-refractivity contribution in [3.8, 4) is 0 Å². The molecule has 0 unspecified atom stereocenters. The van der Waals surface area contributed by atoms with E-state index in [0.717, 1.165) is 24.5 Å². The number of sulfonamides is 1. The second-order valence-corrected chi connectivity index (χ2v) is 8.54. The maximum Gasteiger partial charge on any atom is 0.253 e. The van der Waals surface area contributed by atoms with Crippen LogP contribution in [-0.4, -0.2) is 39.4 Å². The molecule has 144 valence electrons. The Morgan fingerprint density at radius 1 is 1.22 bits per heavy atom. The van der Waals surface area contributed by atoms with E-state index in [2.05, 4.69) is 19.9 Å². The third kappa shape index (κ3) is 4.58. The van der Waals surface area contributed by atoms with Crippen molar-refractivity contribution in [3.63, 3.8) is 0 Å². The molecule has 0 atom stereocenters. The lowest BCUT2D eigenvalue weighted by atomic mass is 10.2. The van der Waals surface area contributed by atoms with Crippen molar-refractivity contribution in [3.05, 3.63) is 52.7 Å². The lowest BCUT2D eigenvalue weighted by molar-refractivity contribution is 0.0951. The molecule has 1 aliphatic heterocycles. The van der Waals surface area contributed by atoms with Gasteiger partial charge in [0.2, 0.25) is 10.0 Å². The van der Waals surface area contributed by atoms with Crippen LogP contribution in [0, 0.1) is 0 Å². The number of rotatable bonds is 6. The summed E-state index contributed by atoms with van der Waals surface area (Å²) in [7, 11) is -2.35. The monoisotopic (exact) mass is 408 g/mol. The first-order valence-electron chi connectivity index (χ1n) is 8.62. The fraction of sp³-hybridized carbons (Fsp3) is 0.333. The topological polar surface area (TPSA) is 91.4 Å². The van der Waals surface area contributed by atoms with Crippen molar-refractivity contribution in [2.75, 3.05) is 25.0 Å². The first-order chi connectivity index (χ1) is 12.9. The minimum absolute atomic E-state index is 0.0174. The molecular formula is C18H21ClN4O3S. The lowest BCUT2D eigenvalue weighted by Gasteiger charge is -2.16. The zero-order valence-corrected chi connectivity index (χ0v) is 16.5. The van der Waals surface area contributed by atoms with E-state index in [4.69, 9.17) is 11.6 Å². The summed E-state index contributed by atoms with van der Waals surface area (Å²) in [6.45, 7) is 2.31. The zero-order chi connectivity index (χ0) is 19.4. The van der Waals surface area contributed by atoms with Gasteiger partial charge in [0.05, 0.1) is 15.5 Å². The van der Waals surface area contributed by atoms with Crippen LogP contribution in [0.1, 0.15) is 28.8 Å². The molecule has 0 aliphatic carbocycles. The minimum atomic E-state index is -3.65. The van der Waals surface area contributed by atoms with Gasteiger partial charge in [0, 0.05) is 25.8 Å². The number of carbonyl (C=O) groups is 1. The zero-order valence-electron chi connectivity index (χ0n) is 14.9.